The van der Waals surface area contributed by atoms with Crippen LogP contribution in [0.15, 0.2) is 24.3 Å². The van der Waals surface area contributed by atoms with Crippen LogP contribution in [0.25, 0.3) is 0 Å². The van der Waals surface area contributed by atoms with Crippen LogP contribution in [0.5, 0.6) is 5.75 Å². The average molecular weight is 256 g/mol. The Morgan fingerprint density at radius 2 is 2.07 bits per heavy atom. The Morgan fingerprint density at radius 3 is 2.60 bits per heavy atom. The number of hydrogen-bond acceptors (Lipinski definition) is 1. The van der Waals surface area contributed by atoms with Crippen molar-refractivity contribution in [3.8, 4) is 5.75 Å². The van der Waals surface area contributed by atoms with Crippen molar-refractivity contribution in [2.45, 2.75) is 5.51 Å². The van der Waals surface area contributed by atoms with Gasteiger partial charge in [-0.3, -0.25) is 0 Å². The molecule has 1 aromatic rings. The molecule has 0 fully saturated rings. The largest absolute Gasteiger partial charge is 0.648 e. The summed E-state index contributed by atoms with van der Waals surface area (Å²) in [5.41, 5.74) is -4.08. The first-order chi connectivity index (χ1) is 6.92. The van der Waals surface area contributed by atoms with Crippen molar-refractivity contribution >= 4 is 27.3 Å². The Morgan fingerprint density at radius 1 is 1.40 bits per heavy atom. The van der Waals surface area contributed by atoms with Gasteiger partial charge >= 0.3 is 21.2 Å². The Labute approximate surface area is 93.8 Å². The van der Waals surface area contributed by atoms with Gasteiger partial charge in [0, 0.05) is 0 Å². The first-order valence-corrected chi connectivity index (χ1v) is 5.04. The number of hydrogen-bond donors (Lipinski definition) is 0. The van der Waals surface area contributed by atoms with Gasteiger partial charge in [-0.1, -0.05) is 6.07 Å². The molecule has 0 aliphatic rings. The zero-order valence-corrected chi connectivity index (χ0v) is 9.21. The van der Waals surface area contributed by atoms with E-state index in [2.05, 4.69) is 0 Å². The van der Waals surface area contributed by atoms with Gasteiger partial charge in [0.1, 0.15) is 5.75 Å². The number of benzene rings is 1. The van der Waals surface area contributed by atoms with Crippen molar-refractivity contribution in [3.05, 3.63) is 29.8 Å². The fourth-order valence-corrected chi connectivity index (χ4v) is 1.73. The van der Waals surface area contributed by atoms with Crippen LogP contribution in [-0.4, -0.2) is 16.9 Å². The van der Waals surface area contributed by atoms with E-state index in [0.29, 0.717) is 11.3 Å². The average Bonchev–Trinajstić information content (AvgIpc) is 2.15. The maximum absolute atomic E-state index is 12.0. The second-order valence-electron chi connectivity index (χ2n) is 2.55. The van der Waals surface area contributed by atoms with Crippen LogP contribution in [0.1, 0.15) is 5.56 Å². The molecule has 1 nitrogen and oxygen atoms in total. The monoisotopic (exact) mass is 255 g/mol. The molecule has 0 N–H and O–H groups in total. The smallest absolute Gasteiger partial charge is 0.497 e. The molecule has 0 spiro atoms. The van der Waals surface area contributed by atoms with E-state index in [1.165, 1.54) is 19.2 Å². The predicted molar refractivity (Wildman–Crippen MR) is 56.4 cm³/mol. The molecular weight excluding hydrogens is 249 g/mol. The maximum atomic E-state index is 12.0. The van der Waals surface area contributed by atoms with Gasteiger partial charge < -0.3 is 4.74 Å². The number of alkyl halides is 3. The molecule has 0 bridgehead atoms. The minimum absolute atomic E-state index is 0.290. The highest BCUT2D eigenvalue weighted by Crippen LogP contribution is 2.19. The van der Waals surface area contributed by atoms with Crippen molar-refractivity contribution in [3.63, 3.8) is 0 Å². The normalized spacial score (nSPS) is 12.7. The van der Waals surface area contributed by atoms with E-state index in [1.54, 1.807) is 12.1 Å². The second-order valence-corrected chi connectivity index (χ2v) is 4.23. The minimum Gasteiger partial charge on any atom is -0.497 e. The summed E-state index contributed by atoms with van der Waals surface area (Å²) in [6.07, 6.45) is 0. The minimum atomic E-state index is -4.37. The van der Waals surface area contributed by atoms with Gasteiger partial charge in [0.2, 0.25) is 0 Å². The van der Waals surface area contributed by atoms with Gasteiger partial charge in [-0.05, 0) is 29.8 Å². The van der Waals surface area contributed by atoms with Crippen LogP contribution in [0.2, 0.25) is 0 Å². The number of methoxy groups -OCH3 is 1. The van der Waals surface area contributed by atoms with E-state index in [4.69, 9.17) is 16.3 Å². The summed E-state index contributed by atoms with van der Waals surface area (Å²) in [5, 5.41) is 0. The molecule has 6 heteroatoms. The Balaban J connectivity index is 3.01. The highest BCUT2D eigenvalue weighted by Gasteiger charge is 2.43. The number of ether oxygens (including phenoxy) is 1. The number of rotatable bonds is 2. The molecule has 0 aliphatic heterocycles. The van der Waals surface area contributed by atoms with Crippen molar-refractivity contribution in [2.24, 2.45) is 0 Å². The van der Waals surface area contributed by atoms with Gasteiger partial charge in [-0.25, -0.2) is 0 Å². The lowest BCUT2D eigenvalue weighted by atomic mass is 10.2. The zero-order valence-electron chi connectivity index (χ0n) is 7.64. The van der Waals surface area contributed by atoms with Gasteiger partial charge in [0.15, 0.2) is 0 Å². The summed E-state index contributed by atoms with van der Waals surface area (Å²) in [7, 11) is 1.43. The Hall–Kier alpha value is -0.810. The second kappa shape index (κ2) is 4.81. The summed E-state index contributed by atoms with van der Waals surface area (Å²) in [5.74, 6) is 0.466. The Bertz CT molecular complexity index is 376. The van der Waals surface area contributed by atoms with E-state index in [0.717, 1.165) is 0 Å². The summed E-state index contributed by atoms with van der Waals surface area (Å²) in [6, 6.07) is 6.14. The molecule has 0 heterocycles. The quantitative estimate of drug-likeness (QED) is 0.448. The molecule has 0 amide bonds. The fourth-order valence-electron chi connectivity index (χ4n) is 0.906. The molecule has 0 aliphatic carbocycles. The predicted octanol–water partition coefficient (Wildman–Crippen LogP) is 3.01. The van der Waals surface area contributed by atoms with E-state index in [-0.39, 0.29) is 15.7 Å². The molecule has 0 atom stereocenters. The lowest BCUT2D eigenvalue weighted by molar-refractivity contribution is -0.0322. The van der Waals surface area contributed by atoms with Crippen molar-refractivity contribution in [2.75, 3.05) is 7.11 Å². The summed E-state index contributed by atoms with van der Waals surface area (Å²) >= 11 is 5.18. The molecule has 1 rings (SSSR count). The SMILES string of the molecule is COc1cccc(C(Cl)=[S+]C(F)(F)F)c1. The van der Waals surface area contributed by atoms with Gasteiger partial charge in [0.05, 0.1) is 12.7 Å². The first-order valence-electron chi connectivity index (χ1n) is 3.85. The topological polar surface area (TPSA) is 9.23 Å². The molecule has 0 saturated heterocycles. The summed E-state index contributed by atoms with van der Waals surface area (Å²) in [6.45, 7) is 0. The van der Waals surface area contributed by atoms with Crippen LogP contribution in [-0.2, 0) is 11.4 Å². The molecule has 0 unspecified atom stereocenters. The summed E-state index contributed by atoms with van der Waals surface area (Å²) < 4.78 is 40.6. The third-order valence-electron chi connectivity index (χ3n) is 1.50. The molecule has 15 heavy (non-hydrogen) atoms. The van der Waals surface area contributed by atoms with E-state index < -0.39 is 5.51 Å². The molecule has 82 valence electrons. The highest BCUT2D eigenvalue weighted by atomic mass is 35.5. The van der Waals surface area contributed by atoms with Crippen molar-refractivity contribution < 1.29 is 17.9 Å². The van der Waals surface area contributed by atoms with Crippen molar-refractivity contribution in [1.82, 2.24) is 0 Å². The molecular formula is C9H7ClF3OS+. The third kappa shape index (κ3) is 4.05. The van der Waals surface area contributed by atoms with Crippen LogP contribution < -0.4 is 4.74 Å². The highest BCUT2D eigenvalue weighted by molar-refractivity contribution is 7.82. The zero-order chi connectivity index (χ0) is 11.5. The number of halogens is 4. The van der Waals surface area contributed by atoms with E-state index in [1.807, 2.05) is 0 Å². The van der Waals surface area contributed by atoms with Gasteiger partial charge in [-0.15, -0.1) is 13.2 Å². The van der Waals surface area contributed by atoms with Gasteiger partial charge in [-0.2, -0.15) is 0 Å². The van der Waals surface area contributed by atoms with E-state index >= 15 is 0 Å². The maximum Gasteiger partial charge on any atom is 0.648 e. The van der Waals surface area contributed by atoms with Crippen LogP contribution in [0.3, 0.4) is 0 Å². The summed E-state index contributed by atoms with van der Waals surface area (Å²) in [4.78, 5) is 0. The van der Waals surface area contributed by atoms with Crippen LogP contribution in [0.4, 0.5) is 13.2 Å². The fraction of sp³-hybridized carbons (Fsp3) is 0.222. The molecule has 0 radical (unpaired) electrons. The molecule has 1 aromatic carbocycles. The van der Waals surface area contributed by atoms with E-state index in [9.17, 15) is 13.2 Å². The standard InChI is InChI=1S/C9H7ClF3OS/c1-14-7-4-2-3-6(5-7)8(10)15-9(11,12)13/h2-5H,1H3/q+1. The van der Waals surface area contributed by atoms with Crippen LogP contribution >= 0.6 is 11.6 Å². The first kappa shape index (κ1) is 12.3. The molecule has 0 saturated carbocycles. The third-order valence-corrected chi connectivity index (χ3v) is 2.60. The van der Waals surface area contributed by atoms with Crippen LogP contribution in [0, 0.1) is 0 Å². The molecule has 0 aromatic heterocycles. The van der Waals surface area contributed by atoms with Gasteiger partial charge in [0.25, 0.3) is 0 Å². The lowest BCUT2D eigenvalue weighted by Crippen LogP contribution is -2.09. The van der Waals surface area contributed by atoms with Crippen molar-refractivity contribution in [1.29, 1.82) is 0 Å². The Kier molecular flexibility index (Phi) is 3.93. The lowest BCUT2D eigenvalue weighted by Gasteiger charge is -1.98.